The third-order valence-electron chi connectivity index (χ3n) is 4.43. The average molecular weight is 341 g/mol. The maximum Gasteiger partial charge on any atom is 0.242 e. The van der Waals surface area contributed by atoms with E-state index in [-0.39, 0.29) is 17.9 Å². The van der Waals surface area contributed by atoms with E-state index < -0.39 is 0 Å². The molecule has 1 aliphatic rings. The molecule has 6 nitrogen and oxygen atoms in total. The Morgan fingerprint density at radius 1 is 1.36 bits per heavy atom. The summed E-state index contributed by atoms with van der Waals surface area (Å²) in [5.74, 6) is 1.34. The van der Waals surface area contributed by atoms with Crippen LogP contribution in [0, 0.1) is 0 Å². The Labute approximate surface area is 147 Å². The molecule has 0 aliphatic carbocycles. The van der Waals surface area contributed by atoms with Crippen molar-refractivity contribution in [3.8, 4) is 11.3 Å². The van der Waals surface area contributed by atoms with Gasteiger partial charge >= 0.3 is 0 Å². The number of carbonyl (C=O) groups is 2. The number of aromatic nitrogens is 1. The van der Waals surface area contributed by atoms with Gasteiger partial charge in [0.2, 0.25) is 11.8 Å². The zero-order valence-electron chi connectivity index (χ0n) is 14.4. The minimum atomic E-state index is -0.340. The highest BCUT2D eigenvalue weighted by molar-refractivity contribution is 5.88. The molecule has 1 N–H and O–H groups in total. The normalized spacial score (nSPS) is 17.4. The molecule has 0 saturated carbocycles. The molecular weight excluding hydrogens is 318 g/mol. The molecule has 1 atom stereocenters. The van der Waals surface area contributed by atoms with Crippen molar-refractivity contribution in [3.05, 3.63) is 42.4 Å². The maximum atomic E-state index is 12.4. The van der Waals surface area contributed by atoms with Gasteiger partial charge in [-0.25, -0.2) is 4.98 Å². The van der Waals surface area contributed by atoms with Gasteiger partial charge in [0.1, 0.15) is 6.04 Å². The lowest BCUT2D eigenvalue weighted by atomic mass is 10.1. The van der Waals surface area contributed by atoms with Crippen molar-refractivity contribution in [1.82, 2.24) is 15.2 Å². The number of amides is 2. The van der Waals surface area contributed by atoms with Crippen molar-refractivity contribution < 1.29 is 14.0 Å². The first-order valence-electron chi connectivity index (χ1n) is 8.76. The Morgan fingerprint density at radius 3 is 2.92 bits per heavy atom. The minimum absolute atomic E-state index is 0.0246. The molecule has 0 radical (unpaired) electrons. The van der Waals surface area contributed by atoms with Crippen molar-refractivity contribution >= 4 is 11.8 Å². The molecule has 2 aromatic rings. The van der Waals surface area contributed by atoms with Crippen LogP contribution in [0.4, 0.5) is 0 Å². The monoisotopic (exact) mass is 341 g/mol. The third kappa shape index (κ3) is 4.07. The van der Waals surface area contributed by atoms with E-state index in [1.807, 2.05) is 37.3 Å². The summed E-state index contributed by atoms with van der Waals surface area (Å²) in [4.78, 5) is 30.3. The second-order valence-electron chi connectivity index (χ2n) is 6.14. The first-order valence-corrected chi connectivity index (χ1v) is 8.76. The quantitative estimate of drug-likeness (QED) is 0.875. The van der Waals surface area contributed by atoms with Crippen LogP contribution < -0.4 is 5.32 Å². The van der Waals surface area contributed by atoms with Crippen LogP contribution in [0.1, 0.15) is 32.1 Å². The molecule has 1 aromatic heterocycles. The number of hydrogen-bond acceptors (Lipinski definition) is 4. The predicted octanol–water partition coefficient (Wildman–Crippen LogP) is 2.40. The number of oxazole rings is 1. The highest BCUT2D eigenvalue weighted by atomic mass is 16.4. The zero-order chi connectivity index (χ0) is 17.6. The maximum absolute atomic E-state index is 12.4. The predicted molar refractivity (Wildman–Crippen MR) is 93.7 cm³/mol. The highest BCUT2D eigenvalue weighted by Gasteiger charge is 2.30. The first-order chi connectivity index (χ1) is 12.2. The summed E-state index contributed by atoms with van der Waals surface area (Å²) < 4.78 is 5.76. The molecule has 1 fully saturated rings. The Hall–Kier alpha value is -2.63. The topological polar surface area (TPSA) is 75.4 Å². The third-order valence-corrected chi connectivity index (χ3v) is 4.43. The molecule has 2 amide bonds. The van der Waals surface area contributed by atoms with E-state index in [0.29, 0.717) is 44.7 Å². The standard InChI is InChI=1S/C19H23N3O3/c1-2-15-19(24)20-11-12-22(15)18(23)10-6-9-17-21-13-16(25-17)14-7-4-3-5-8-14/h3-5,7-8,13,15H,2,6,9-12H2,1H3,(H,20,24). The molecule has 1 unspecified atom stereocenters. The molecule has 2 heterocycles. The van der Waals surface area contributed by atoms with Crippen LogP contribution in [0.3, 0.4) is 0 Å². The Kier molecular flexibility index (Phi) is 5.48. The van der Waals surface area contributed by atoms with Gasteiger partial charge in [0.25, 0.3) is 0 Å². The van der Waals surface area contributed by atoms with E-state index >= 15 is 0 Å². The van der Waals surface area contributed by atoms with E-state index in [9.17, 15) is 9.59 Å². The molecule has 1 aromatic carbocycles. The SMILES string of the molecule is CCC1C(=O)NCCN1C(=O)CCCc1ncc(-c2ccccc2)o1. The van der Waals surface area contributed by atoms with Gasteiger partial charge in [0, 0.05) is 31.5 Å². The zero-order valence-corrected chi connectivity index (χ0v) is 14.4. The van der Waals surface area contributed by atoms with E-state index in [2.05, 4.69) is 10.3 Å². The van der Waals surface area contributed by atoms with Crippen LogP contribution in [0.25, 0.3) is 11.3 Å². The minimum Gasteiger partial charge on any atom is -0.441 e. The van der Waals surface area contributed by atoms with E-state index in [1.165, 1.54) is 0 Å². The van der Waals surface area contributed by atoms with Crippen LogP contribution in [0.2, 0.25) is 0 Å². The average Bonchev–Trinajstić information content (AvgIpc) is 3.11. The summed E-state index contributed by atoms with van der Waals surface area (Å²) in [7, 11) is 0. The second-order valence-corrected chi connectivity index (χ2v) is 6.14. The summed E-state index contributed by atoms with van der Waals surface area (Å²) in [6.07, 6.45) is 4.01. The van der Waals surface area contributed by atoms with Gasteiger partial charge in [0.15, 0.2) is 11.7 Å². The fraction of sp³-hybridized carbons (Fsp3) is 0.421. The molecule has 0 bridgehead atoms. The Bertz CT molecular complexity index is 727. The summed E-state index contributed by atoms with van der Waals surface area (Å²) in [5.41, 5.74) is 0.988. The van der Waals surface area contributed by atoms with Crippen LogP contribution >= 0.6 is 0 Å². The number of carbonyl (C=O) groups excluding carboxylic acids is 2. The molecule has 0 spiro atoms. The Morgan fingerprint density at radius 2 is 2.16 bits per heavy atom. The van der Waals surface area contributed by atoms with E-state index in [0.717, 1.165) is 11.3 Å². The Balaban J connectivity index is 1.52. The first kappa shape index (κ1) is 17.2. The smallest absolute Gasteiger partial charge is 0.242 e. The number of hydrogen-bond donors (Lipinski definition) is 1. The number of rotatable bonds is 6. The van der Waals surface area contributed by atoms with Gasteiger partial charge < -0.3 is 14.6 Å². The second kappa shape index (κ2) is 7.96. The summed E-state index contributed by atoms with van der Waals surface area (Å²) >= 11 is 0. The van der Waals surface area contributed by atoms with Crippen LogP contribution in [-0.4, -0.2) is 40.8 Å². The van der Waals surface area contributed by atoms with Gasteiger partial charge in [-0.3, -0.25) is 9.59 Å². The van der Waals surface area contributed by atoms with Crippen molar-refractivity contribution in [2.75, 3.05) is 13.1 Å². The van der Waals surface area contributed by atoms with Gasteiger partial charge in [-0.05, 0) is 12.8 Å². The molecular formula is C19H23N3O3. The van der Waals surface area contributed by atoms with E-state index in [1.54, 1.807) is 11.1 Å². The number of aryl methyl sites for hydroxylation is 1. The number of nitrogens with one attached hydrogen (secondary N) is 1. The van der Waals surface area contributed by atoms with Crippen molar-refractivity contribution in [1.29, 1.82) is 0 Å². The number of piperazine rings is 1. The molecule has 6 heteroatoms. The molecule has 1 saturated heterocycles. The van der Waals surface area contributed by atoms with Crippen LogP contribution in [0.5, 0.6) is 0 Å². The lowest BCUT2D eigenvalue weighted by Gasteiger charge is -2.34. The summed E-state index contributed by atoms with van der Waals surface area (Å²) in [6.45, 7) is 3.04. The molecule has 1 aliphatic heterocycles. The molecule has 3 rings (SSSR count). The number of nitrogens with zero attached hydrogens (tertiary/aromatic N) is 2. The lowest BCUT2D eigenvalue weighted by Crippen LogP contribution is -2.56. The molecule has 25 heavy (non-hydrogen) atoms. The number of benzene rings is 1. The van der Waals surface area contributed by atoms with Gasteiger partial charge in [-0.1, -0.05) is 37.3 Å². The highest BCUT2D eigenvalue weighted by Crippen LogP contribution is 2.20. The van der Waals surface area contributed by atoms with Crippen LogP contribution in [-0.2, 0) is 16.0 Å². The largest absolute Gasteiger partial charge is 0.441 e. The lowest BCUT2D eigenvalue weighted by molar-refractivity contribution is -0.143. The van der Waals surface area contributed by atoms with Gasteiger partial charge in [-0.15, -0.1) is 0 Å². The van der Waals surface area contributed by atoms with Gasteiger partial charge in [0.05, 0.1) is 6.20 Å². The summed E-state index contributed by atoms with van der Waals surface area (Å²) in [5, 5.41) is 2.81. The van der Waals surface area contributed by atoms with E-state index in [4.69, 9.17) is 4.42 Å². The fourth-order valence-corrected chi connectivity index (χ4v) is 3.12. The van der Waals surface area contributed by atoms with Crippen LogP contribution in [0.15, 0.2) is 40.9 Å². The van der Waals surface area contributed by atoms with Gasteiger partial charge in [-0.2, -0.15) is 0 Å². The van der Waals surface area contributed by atoms with Crippen molar-refractivity contribution in [3.63, 3.8) is 0 Å². The summed E-state index contributed by atoms with van der Waals surface area (Å²) in [6, 6.07) is 9.47. The molecule has 132 valence electrons. The van der Waals surface area contributed by atoms with Crippen molar-refractivity contribution in [2.24, 2.45) is 0 Å². The van der Waals surface area contributed by atoms with Crippen molar-refractivity contribution in [2.45, 2.75) is 38.6 Å². The fourth-order valence-electron chi connectivity index (χ4n) is 3.12.